The van der Waals surface area contributed by atoms with Crippen LogP contribution >= 0.6 is 0 Å². The van der Waals surface area contributed by atoms with Gasteiger partial charge in [-0.05, 0) is 19.8 Å². The number of carbonyl (C=O) groups is 1. The molecule has 0 fully saturated rings. The van der Waals surface area contributed by atoms with Gasteiger partial charge in [-0.3, -0.25) is 0 Å². The highest BCUT2D eigenvalue weighted by molar-refractivity contribution is 6.62. The highest BCUT2D eigenvalue weighted by atomic mass is 28.4. The van der Waals surface area contributed by atoms with E-state index in [1.54, 1.807) is 28.3 Å². The van der Waals surface area contributed by atoms with E-state index in [1.165, 1.54) is 0 Å². The van der Waals surface area contributed by atoms with Crippen LogP contribution in [0, 0.1) is 0 Å². The van der Waals surface area contributed by atoms with Gasteiger partial charge in [-0.15, -0.1) is 0 Å². The summed E-state index contributed by atoms with van der Waals surface area (Å²) in [5.74, 6) is -0.351. The molecule has 0 bridgehead atoms. The molecule has 0 aromatic heterocycles. The van der Waals surface area contributed by atoms with Crippen molar-refractivity contribution in [1.82, 2.24) is 0 Å². The van der Waals surface area contributed by atoms with Crippen LogP contribution in [0.15, 0.2) is 12.2 Å². The molecular weight excluding hydrogens is 252 g/mol. The van der Waals surface area contributed by atoms with Crippen molar-refractivity contribution in [1.29, 1.82) is 0 Å². The molecular formula is C12H24O5Si. The minimum atomic E-state index is -2.58. The van der Waals surface area contributed by atoms with Crippen molar-refractivity contribution in [2.75, 3.05) is 27.9 Å². The number of ether oxygens (including phenoxy) is 1. The number of hydrogen-bond acceptors (Lipinski definition) is 5. The lowest BCUT2D eigenvalue weighted by molar-refractivity contribution is -0.139. The Hall–Kier alpha value is -0.693. The predicted molar refractivity (Wildman–Crippen MR) is 71.2 cm³/mol. The maximum atomic E-state index is 11.2. The first-order valence-corrected chi connectivity index (χ1v) is 7.71. The van der Waals surface area contributed by atoms with Gasteiger partial charge >= 0.3 is 14.8 Å². The number of carbonyl (C=O) groups excluding carboxylic acids is 1. The molecule has 106 valence electrons. The van der Waals surface area contributed by atoms with Crippen molar-refractivity contribution in [2.24, 2.45) is 0 Å². The lowest BCUT2D eigenvalue weighted by atomic mass is 10.2. The quantitative estimate of drug-likeness (QED) is 0.279. The zero-order valence-corrected chi connectivity index (χ0v) is 12.9. The Labute approximate surface area is 110 Å². The van der Waals surface area contributed by atoms with E-state index in [1.807, 2.05) is 6.92 Å². The molecule has 0 aliphatic rings. The SMILES string of the molecule is C=C(C)C(=O)OCCCC(C)[Si](OC)(OC)OC. The first-order chi connectivity index (χ1) is 8.43. The van der Waals surface area contributed by atoms with Gasteiger partial charge in [0.15, 0.2) is 0 Å². The maximum absolute atomic E-state index is 11.2. The molecule has 5 nitrogen and oxygen atoms in total. The molecule has 0 aliphatic heterocycles. The molecule has 0 aromatic rings. The summed E-state index contributed by atoms with van der Waals surface area (Å²) in [6, 6.07) is 0. The van der Waals surface area contributed by atoms with E-state index < -0.39 is 8.80 Å². The standard InChI is InChI=1S/C12H24O5Si/c1-10(2)12(13)17-9-7-8-11(3)18(14-4,15-5)16-6/h11H,1,7-9H2,2-6H3. The normalized spacial score (nSPS) is 13.2. The highest BCUT2D eigenvalue weighted by Gasteiger charge is 2.44. The van der Waals surface area contributed by atoms with E-state index >= 15 is 0 Å². The van der Waals surface area contributed by atoms with Gasteiger partial charge in [0.25, 0.3) is 0 Å². The number of rotatable bonds is 9. The maximum Gasteiger partial charge on any atom is 0.503 e. The zero-order chi connectivity index (χ0) is 14.2. The third-order valence-corrected chi connectivity index (χ3v) is 6.02. The first-order valence-electron chi connectivity index (χ1n) is 5.91. The van der Waals surface area contributed by atoms with Crippen molar-refractivity contribution in [3.05, 3.63) is 12.2 Å². The van der Waals surface area contributed by atoms with E-state index in [0.717, 1.165) is 12.8 Å². The minimum absolute atomic E-state index is 0.154. The van der Waals surface area contributed by atoms with Gasteiger partial charge in [0.1, 0.15) is 0 Å². The number of esters is 1. The smallest absolute Gasteiger partial charge is 0.462 e. The molecule has 1 unspecified atom stereocenters. The molecule has 0 radical (unpaired) electrons. The van der Waals surface area contributed by atoms with Crippen molar-refractivity contribution in [3.8, 4) is 0 Å². The number of hydrogen-bond donors (Lipinski definition) is 0. The van der Waals surface area contributed by atoms with Gasteiger partial charge in [-0.25, -0.2) is 4.79 Å². The van der Waals surface area contributed by atoms with Crippen LogP contribution in [0.5, 0.6) is 0 Å². The Balaban J connectivity index is 4.06. The monoisotopic (exact) mass is 276 g/mol. The van der Waals surface area contributed by atoms with Gasteiger partial charge in [-0.2, -0.15) is 0 Å². The topological polar surface area (TPSA) is 54.0 Å². The summed E-state index contributed by atoms with van der Waals surface area (Å²) < 4.78 is 21.2. The second kappa shape index (κ2) is 8.42. The van der Waals surface area contributed by atoms with Gasteiger partial charge < -0.3 is 18.0 Å². The fourth-order valence-corrected chi connectivity index (χ4v) is 3.97. The molecule has 0 saturated carbocycles. The van der Waals surface area contributed by atoms with Gasteiger partial charge in [-0.1, -0.05) is 13.5 Å². The van der Waals surface area contributed by atoms with Crippen molar-refractivity contribution < 1.29 is 22.8 Å². The molecule has 6 heteroatoms. The third-order valence-electron chi connectivity index (χ3n) is 2.82. The molecule has 0 rings (SSSR count). The Kier molecular flexibility index (Phi) is 8.09. The van der Waals surface area contributed by atoms with E-state index in [9.17, 15) is 4.79 Å². The minimum Gasteiger partial charge on any atom is -0.462 e. The predicted octanol–water partition coefficient (Wildman–Crippen LogP) is 2.15. The van der Waals surface area contributed by atoms with Gasteiger partial charge in [0, 0.05) is 32.4 Å². The van der Waals surface area contributed by atoms with E-state index in [4.69, 9.17) is 18.0 Å². The van der Waals surface area contributed by atoms with Crippen molar-refractivity contribution >= 4 is 14.8 Å². The van der Waals surface area contributed by atoms with Crippen molar-refractivity contribution in [3.63, 3.8) is 0 Å². The van der Waals surface area contributed by atoms with Crippen molar-refractivity contribution in [2.45, 2.75) is 32.2 Å². The second-order valence-corrected chi connectivity index (χ2v) is 7.59. The summed E-state index contributed by atoms with van der Waals surface area (Å²) in [6.45, 7) is 7.54. The average molecular weight is 276 g/mol. The Bertz CT molecular complexity index is 267. The van der Waals surface area contributed by atoms with Crippen LogP contribution in [0.1, 0.15) is 26.7 Å². The fraction of sp³-hybridized carbons (Fsp3) is 0.750. The first kappa shape index (κ1) is 17.3. The van der Waals surface area contributed by atoms with Crippen LogP contribution in [0.25, 0.3) is 0 Å². The third kappa shape index (κ3) is 4.89. The summed E-state index contributed by atoms with van der Waals surface area (Å²) in [7, 11) is 2.20. The Morgan fingerprint density at radius 1 is 1.22 bits per heavy atom. The Morgan fingerprint density at radius 2 is 1.72 bits per heavy atom. The molecule has 0 aliphatic carbocycles. The lowest BCUT2D eigenvalue weighted by Gasteiger charge is -2.30. The zero-order valence-electron chi connectivity index (χ0n) is 11.9. The summed E-state index contributed by atoms with van der Waals surface area (Å²) in [5, 5.41) is 0. The molecule has 0 amide bonds. The summed E-state index contributed by atoms with van der Waals surface area (Å²) in [5.41, 5.74) is 0.568. The molecule has 0 aromatic carbocycles. The van der Waals surface area contributed by atoms with Crippen LogP contribution < -0.4 is 0 Å². The largest absolute Gasteiger partial charge is 0.503 e. The van der Waals surface area contributed by atoms with Crippen LogP contribution in [-0.2, 0) is 22.8 Å². The second-order valence-electron chi connectivity index (χ2n) is 4.18. The average Bonchev–Trinajstić information content (AvgIpc) is 2.37. The van der Waals surface area contributed by atoms with E-state index in [-0.39, 0.29) is 11.5 Å². The molecule has 0 N–H and O–H groups in total. The molecule has 0 heterocycles. The molecule has 0 spiro atoms. The Morgan fingerprint density at radius 3 is 2.11 bits per heavy atom. The van der Waals surface area contributed by atoms with Crippen LogP contribution in [0.2, 0.25) is 5.54 Å². The highest BCUT2D eigenvalue weighted by Crippen LogP contribution is 2.27. The summed E-state index contributed by atoms with van der Waals surface area (Å²) >= 11 is 0. The van der Waals surface area contributed by atoms with E-state index in [0.29, 0.717) is 12.2 Å². The lowest BCUT2D eigenvalue weighted by Crippen LogP contribution is -2.46. The summed E-state index contributed by atoms with van der Waals surface area (Å²) in [6.07, 6.45) is 1.55. The van der Waals surface area contributed by atoms with Gasteiger partial charge in [0.2, 0.25) is 0 Å². The fourth-order valence-electron chi connectivity index (χ4n) is 1.71. The van der Waals surface area contributed by atoms with Crippen LogP contribution in [-0.4, -0.2) is 42.7 Å². The van der Waals surface area contributed by atoms with Gasteiger partial charge in [0.05, 0.1) is 6.61 Å². The van der Waals surface area contributed by atoms with E-state index in [2.05, 4.69) is 6.58 Å². The molecule has 1 atom stereocenters. The van der Waals surface area contributed by atoms with Crippen LogP contribution in [0.3, 0.4) is 0 Å². The van der Waals surface area contributed by atoms with Crippen LogP contribution in [0.4, 0.5) is 0 Å². The molecule has 0 saturated heterocycles. The summed E-state index contributed by atoms with van der Waals surface area (Å²) in [4.78, 5) is 11.2. The molecule has 18 heavy (non-hydrogen) atoms.